The molecule has 0 saturated carbocycles. The molecule has 9 nitrogen and oxygen atoms in total. The van der Waals surface area contributed by atoms with Gasteiger partial charge in [-0.3, -0.25) is 19.5 Å². The molecule has 0 bridgehead atoms. The zero-order chi connectivity index (χ0) is 28.7. The highest BCUT2D eigenvalue weighted by molar-refractivity contribution is 7.07. The molecule has 1 aliphatic heterocycles. The van der Waals surface area contributed by atoms with Crippen molar-refractivity contribution in [1.29, 1.82) is 0 Å². The second-order valence-electron chi connectivity index (χ2n) is 8.60. The summed E-state index contributed by atoms with van der Waals surface area (Å²) >= 11 is 13.4. The number of nitro groups is 1. The van der Waals surface area contributed by atoms with E-state index in [1.807, 2.05) is 0 Å². The molecule has 0 saturated heterocycles. The summed E-state index contributed by atoms with van der Waals surface area (Å²) in [6.45, 7) is 3.45. The van der Waals surface area contributed by atoms with Crippen LogP contribution in [-0.2, 0) is 9.53 Å². The smallest absolute Gasteiger partial charge is 0.338 e. The fourth-order valence-corrected chi connectivity index (χ4v) is 5.83. The predicted octanol–water partition coefficient (Wildman–Crippen LogP) is 5.41. The maximum absolute atomic E-state index is 13.7. The van der Waals surface area contributed by atoms with Gasteiger partial charge in [-0.15, -0.1) is 0 Å². The Kier molecular flexibility index (Phi) is 7.45. The highest BCUT2D eigenvalue weighted by Gasteiger charge is 2.33. The minimum atomic E-state index is -0.883. The van der Waals surface area contributed by atoms with Gasteiger partial charge in [0.25, 0.3) is 11.2 Å². The van der Waals surface area contributed by atoms with Crippen LogP contribution in [0.4, 0.5) is 10.1 Å². The number of carbonyl (C=O) groups excluding carboxylic acids is 1. The van der Waals surface area contributed by atoms with E-state index >= 15 is 0 Å². The van der Waals surface area contributed by atoms with Crippen molar-refractivity contribution in [1.82, 2.24) is 4.57 Å². The molecule has 0 N–H and O–H groups in total. The number of aromatic nitrogens is 1. The summed E-state index contributed by atoms with van der Waals surface area (Å²) < 4.78 is 26.5. The lowest BCUT2D eigenvalue weighted by molar-refractivity contribution is -0.384. The lowest BCUT2D eigenvalue weighted by atomic mass is 9.96. The van der Waals surface area contributed by atoms with Crippen LogP contribution in [0.25, 0.3) is 17.4 Å². The van der Waals surface area contributed by atoms with Crippen LogP contribution in [0, 0.1) is 15.9 Å². The normalized spacial score (nSPS) is 15.1. The highest BCUT2D eigenvalue weighted by Crippen LogP contribution is 2.37. The lowest BCUT2D eigenvalue weighted by Crippen LogP contribution is -2.39. The summed E-state index contributed by atoms with van der Waals surface area (Å²) in [5.41, 5.74) is 0.627. The van der Waals surface area contributed by atoms with Crippen LogP contribution < -0.4 is 14.9 Å². The van der Waals surface area contributed by atoms with Gasteiger partial charge in [-0.1, -0.05) is 46.7 Å². The SMILES string of the molecule is CCOC(=O)C1=C(C)N=c2s/c(=C\c3ccc(-c4cc(Cl)c([N+](=O)[O-])cc4Cl)o3)c(=O)n2[C@@H]1c1ccc(F)cc1. The number of hydrogen-bond acceptors (Lipinski definition) is 8. The number of ether oxygens (including phenoxy) is 1. The van der Waals surface area contributed by atoms with E-state index in [1.54, 1.807) is 26.0 Å². The van der Waals surface area contributed by atoms with Crippen molar-refractivity contribution in [3.05, 3.63) is 117 Å². The van der Waals surface area contributed by atoms with Gasteiger partial charge in [-0.05, 0) is 49.7 Å². The summed E-state index contributed by atoms with van der Waals surface area (Å²) in [6, 6.07) is 10.3. The number of rotatable bonds is 6. The average Bonchev–Trinajstić information content (AvgIpc) is 3.49. The van der Waals surface area contributed by atoms with Crippen molar-refractivity contribution in [2.24, 2.45) is 4.99 Å². The molecule has 0 radical (unpaired) electrons. The number of carbonyl (C=O) groups is 1. The predicted molar refractivity (Wildman–Crippen MR) is 148 cm³/mol. The largest absolute Gasteiger partial charge is 0.463 e. The molecule has 2 aromatic carbocycles. The average molecular weight is 602 g/mol. The van der Waals surface area contributed by atoms with E-state index in [2.05, 4.69) is 4.99 Å². The first-order valence-electron chi connectivity index (χ1n) is 11.8. The Morgan fingerprint density at radius 3 is 2.62 bits per heavy atom. The van der Waals surface area contributed by atoms with Crippen molar-refractivity contribution in [2.45, 2.75) is 19.9 Å². The van der Waals surface area contributed by atoms with Crippen LogP contribution in [0.3, 0.4) is 0 Å². The number of nitrogens with zero attached hydrogens (tertiary/aromatic N) is 3. The van der Waals surface area contributed by atoms with E-state index in [1.165, 1.54) is 41.0 Å². The number of hydrogen-bond donors (Lipinski definition) is 0. The number of allylic oxidation sites excluding steroid dienone is 1. The zero-order valence-electron chi connectivity index (χ0n) is 20.8. The van der Waals surface area contributed by atoms with Crippen LogP contribution in [0.5, 0.6) is 0 Å². The minimum Gasteiger partial charge on any atom is -0.463 e. The minimum absolute atomic E-state index is 0.0673. The Labute approximate surface area is 239 Å². The quantitative estimate of drug-likeness (QED) is 0.166. The number of benzene rings is 2. The first kappa shape index (κ1) is 27.5. The van der Waals surface area contributed by atoms with Crippen LogP contribution in [0.1, 0.15) is 31.2 Å². The third-order valence-electron chi connectivity index (χ3n) is 6.10. The van der Waals surface area contributed by atoms with Gasteiger partial charge < -0.3 is 9.15 Å². The summed E-state index contributed by atoms with van der Waals surface area (Å²) in [5.74, 6) is -0.504. The maximum Gasteiger partial charge on any atom is 0.338 e. The third kappa shape index (κ3) is 4.99. The molecular weight excluding hydrogens is 584 g/mol. The van der Waals surface area contributed by atoms with Crippen LogP contribution in [0.2, 0.25) is 10.0 Å². The van der Waals surface area contributed by atoms with Gasteiger partial charge >= 0.3 is 5.97 Å². The van der Waals surface area contributed by atoms with Crippen molar-refractivity contribution >= 4 is 52.3 Å². The molecule has 1 aliphatic rings. The van der Waals surface area contributed by atoms with E-state index in [4.69, 9.17) is 32.4 Å². The molecule has 0 unspecified atom stereocenters. The van der Waals surface area contributed by atoms with E-state index in [0.717, 1.165) is 17.4 Å². The van der Waals surface area contributed by atoms with Crippen LogP contribution in [0.15, 0.2) is 74.0 Å². The van der Waals surface area contributed by atoms with Gasteiger partial charge in [-0.2, -0.15) is 0 Å². The number of furan rings is 1. The second-order valence-corrected chi connectivity index (χ2v) is 10.4. The summed E-state index contributed by atoms with van der Waals surface area (Å²) in [5, 5.41) is 11.1. The van der Waals surface area contributed by atoms with E-state index < -0.39 is 28.3 Å². The Morgan fingerprint density at radius 1 is 1.23 bits per heavy atom. The van der Waals surface area contributed by atoms with Gasteiger partial charge in [0.15, 0.2) is 4.80 Å². The zero-order valence-corrected chi connectivity index (χ0v) is 23.1. The molecule has 13 heteroatoms. The Bertz CT molecular complexity index is 1890. The highest BCUT2D eigenvalue weighted by atomic mass is 35.5. The molecule has 4 aromatic rings. The monoisotopic (exact) mass is 601 g/mol. The maximum atomic E-state index is 13.7. The van der Waals surface area contributed by atoms with Gasteiger partial charge in [0.1, 0.15) is 22.4 Å². The molecule has 1 atom stereocenters. The van der Waals surface area contributed by atoms with Crippen molar-refractivity contribution in [3.8, 4) is 11.3 Å². The molecule has 0 fully saturated rings. The summed E-state index contributed by atoms with van der Waals surface area (Å²) in [7, 11) is 0. The van der Waals surface area contributed by atoms with Crippen molar-refractivity contribution < 1.29 is 23.3 Å². The molecule has 0 spiro atoms. The fraction of sp³-hybridized carbons (Fsp3) is 0.148. The molecule has 0 amide bonds. The number of halogens is 3. The number of fused-ring (bicyclic) bond motifs is 1. The van der Waals surface area contributed by atoms with Gasteiger partial charge in [0.05, 0.1) is 38.4 Å². The first-order valence-corrected chi connectivity index (χ1v) is 13.3. The van der Waals surface area contributed by atoms with E-state index in [0.29, 0.717) is 27.4 Å². The summed E-state index contributed by atoms with van der Waals surface area (Å²) in [4.78, 5) is 41.9. The molecule has 5 rings (SSSR count). The Balaban J connectivity index is 1.61. The second kappa shape index (κ2) is 10.8. The molecular formula is C27H18Cl2FN3O6S. The van der Waals surface area contributed by atoms with Gasteiger partial charge in [0.2, 0.25) is 0 Å². The standard InChI is InChI=1S/C27H18Cl2FN3O6S/c1-3-38-26(35)23-13(2)31-27-32(24(23)14-4-6-15(30)7-5-14)25(34)22(40-27)10-16-8-9-21(39-16)17-11-19(29)20(33(36)37)12-18(17)28/h4-12,24H,3H2,1-2H3/b22-10-/t24-/m1/s1. The molecule has 40 heavy (non-hydrogen) atoms. The molecule has 3 heterocycles. The molecule has 0 aliphatic carbocycles. The van der Waals surface area contributed by atoms with Crippen LogP contribution >= 0.6 is 34.5 Å². The van der Waals surface area contributed by atoms with E-state index in [-0.39, 0.29) is 38.2 Å². The van der Waals surface area contributed by atoms with Crippen molar-refractivity contribution in [2.75, 3.05) is 6.61 Å². The van der Waals surface area contributed by atoms with Gasteiger partial charge in [-0.25, -0.2) is 14.2 Å². The fourth-order valence-electron chi connectivity index (χ4n) is 4.32. The lowest BCUT2D eigenvalue weighted by Gasteiger charge is -2.24. The van der Waals surface area contributed by atoms with Crippen LogP contribution in [-0.4, -0.2) is 22.1 Å². The Morgan fingerprint density at radius 2 is 1.95 bits per heavy atom. The molecule has 2 aromatic heterocycles. The third-order valence-corrected chi connectivity index (χ3v) is 7.70. The number of nitro benzene ring substituents is 1. The first-order chi connectivity index (χ1) is 19.1. The van der Waals surface area contributed by atoms with Crippen molar-refractivity contribution in [3.63, 3.8) is 0 Å². The van der Waals surface area contributed by atoms with E-state index in [9.17, 15) is 24.1 Å². The topological polar surface area (TPSA) is 117 Å². The number of esters is 1. The number of thiazole rings is 1. The van der Waals surface area contributed by atoms with Gasteiger partial charge in [0, 0.05) is 17.7 Å². The summed E-state index contributed by atoms with van der Waals surface area (Å²) in [6.07, 6.45) is 1.51. The molecule has 204 valence electrons. The Hall–Kier alpha value is -4.06.